The number of carbonyl (C=O) groups is 1. The number of aromatic nitrogens is 2. The lowest BCUT2D eigenvalue weighted by molar-refractivity contribution is 0.199. The molecule has 0 saturated heterocycles. The molecule has 0 radical (unpaired) electrons. The van der Waals surface area contributed by atoms with Crippen LogP contribution in [0.15, 0.2) is 23.6 Å². The summed E-state index contributed by atoms with van der Waals surface area (Å²) in [6, 6.07) is 4.16. The van der Waals surface area contributed by atoms with Gasteiger partial charge >= 0.3 is 6.03 Å². The summed E-state index contributed by atoms with van der Waals surface area (Å²) in [5.74, 6) is 0. The van der Waals surface area contributed by atoms with Crippen LogP contribution in [0, 0.1) is 13.8 Å². The van der Waals surface area contributed by atoms with Crippen molar-refractivity contribution in [1.82, 2.24) is 20.0 Å². The van der Waals surface area contributed by atoms with E-state index in [1.165, 1.54) is 10.5 Å². The number of hydrogen-bond acceptors (Lipinski definition) is 3. The van der Waals surface area contributed by atoms with Crippen molar-refractivity contribution in [2.24, 2.45) is 7.05 Å². The van der Waals surface area contributed by atoms with Crippen LogP contribution in [0.5, 0.6) is 0 Å². The minimum absolute atomic E-state index is 0.00775. The number of amides is 2. The molecule has 2 amide bonds. The number of hydrogen-bond donors (Lipinski definition) is 1. The summed E-state index contributed by atoms with van der Waals surface area (Å²) in [7, 11) is 1.93. The van der Waals surface area contributed by atoms with E-state index >= 15 is 0 Å². The molecule has 0 aromatic carbocycles. The minimum atomic E-state index is -0.0473. The Kier molecular flexibility index (Phi) is 4.76. The molecule has 6 heteroatoms. The van der Waals surface area contributed by atoms with Gasteiger partial charge in [-0.05, 0) is 44.2 Å². The lowest BCUT2D eigenvalue weighted by Crippen LogP contribution is -2.43. The molecule has 0 bridgehead atoms. The van der Waals surface area contributed by atoms with Crippen LogP contribution in [-0.2, 0) is 7.05 Å². The zero-order valence-corrected chi connectivity index (χ0v) is 15.5. The maximum atomic E-state index is 12.6. The van der Waals surface area contributed by atoms with E-state index in [9.17, 15) is 4.79 Å². The predicted molar refractivity (Wildman–Crippen MR) is 98.1 cm³/mol. The van der Waals surface area contributed by atoms with Crippen LogP contribution in [0.4, 0.5) is 4.79 Å². The van der Waals surface area contributed by atoms with Crippen molar-refractivity contribution < 1.29 is 4.79 Å². The number of nitrogens with one attached hydrogen (secondary N) is 1. The molecule has 1 unspecified atom stereocenters. The normalized spacial score (nSPS) is 16.0. The largest absolute Gasteiger partial charge is 0.331 e. The first kappa shape index (κ1) is 16.8. The van der Waals surface area contributed by atoms with Crippen LogP contribution in [0.3, 0.4) is 0 Å². The van der Waals surface area contributed by atoms with Crippen LogP contribution in [0.25, 0.3) is 5.57 Å². The first-order valence-electron chi connectivity index (χ1n) is 8.25. The smallest absolute Gasteiger partial charge is 0.318 e. The third-order valence-corrected chi connectivity index (χ3v) is 5.62. The van der Waals surface area contributed by atoms with Crippen LogP contribution >= 0.6 is 11.3 Å². The Hall–Kier alpha value is -2.08. The number of rotatable bonds is 3. The van der Waals surface area contributed by atoms with E-state index in [0.717, 1.165) is 29.9 Å². The van der Waals surface area contributed by atoms with Gasteiger partial charge in [0, 0.05) is 36.3 Å². The predicted octanol–water partition coefficient (Wildman–Crippen LogP) is 3.66. The van der Waals surface area contributed by atoms with Gasteiger partial charge in [-0.15, -0.1) is 11.3 Å². The van der Waals surface area contributed by atoms with Crippen molar-refractivity contribution in [3.8, 4) is 0 Å². The second-order valence-electron chi connectivity index (χ2n) is 6.28. The van der Waals surface area contributed by atoms with Crippen molar-refractivity contribution in [3.05, 3.63) is 45.4 Å². The molecule has 2 aromatic heterocycles. The Labute approximate surface area is 147 Å². The Morgan fingerprint density at radius 2 is 2.21 bits per heavy atom. The van der Waals surface area contributed by atoms with Crippen LogP contribution < -0.4 is 5.32 Å². The van der Waals surface area contributed by atoms with E-state index in [1.807, 2.05) is 37.4 Å². The molecule has 1 aliphatic heterocycles. The Balaban J connectivity index is 1.64. The summed E-state index contributed by atoms with van der Waals surface area (Å²) in [6.07, 6.45) is 3.08. The second-order valence-corrected chi connectivity index (χ2v) is 7.23. The standard InChI is InChI=1S/C18H24N4OS/c1-12(17-13(2)20-21(4)14(17)3)19-18(23)22-9-7-15(8-10-22)16-6-5-11-24-16/h5-7,11-12H,8-10H2,1-4H3,(H,19,23). The summed E-state index contributed by atoms with van der Waals surface area (Å²) in [4.78, 5) is 15.7. The molecule has 1 aliphatic rings. The van der Waals surface area contributed by atoms with Crippen LogP contribution in [0.1, 0.15) is 41.2 Å². The van der Waals surface area contributed by atoms with Gasteiger partial charge in [-0.25, -0.2) is 4.79 Å². The SMILES string of the molecule is Cc1nn(C)c(C)c1C(C)NC(=O)N1CC=C(c2cccs2)CC1. The van der Waals surface area contributed by atoms with Gasteiger partial charge in [0.2, 0.25) is 0 Å². The molecule has 0 saturated carbocycles. The van der Waals surface area contributed by atoms with Crippen LogP contribution in [0.2, 0.25) is 0 Å². The van der Waals surface area contributed by atoms with E-state index in [0.29, 0.717) is 6.54 Å². The molecule has 3 heterocycles. The third kappa shape index (κ3) is 3.24. The second kappa shape index (κ2) is 6.81. The van der Waals surface area contributed by atoms with Gasteiger partial charge in [-0.1, -0.05) is 12.1 Å². The zero-order chi connectivity index (χ0) is 17.3. The highest BCUT2D eigenvalue weighted by atomic mass is 32.1. The van der Waals surface area contributed by atoms with Gasteiger partial charge in [0.1, 0.15) is 0 Å². The Morgan fingerprint density at radius 1 is 1.42 bits per heavy atom. The topological polar surface area (TPSA) is 50.2 Å². The van der Waals surface area contributed by atoms with E-state index in [4.69, 9.17) is 0 Å². The van der Waals surface area contributed by atoms with E-state index in [1.54, 1.807) is 11.3 Å². The van der Waals surface area contributed by atoms with Gasteiger partial charge in [0.15, 0.2) is 0 Å². The fourth-order valence-electron chi connectivity index (χ4n) is 3.30. The fraction of sp³-hybridized carbons (Fsp3) is 0.444. The Morgan fingerprint density at radius 3 is 2.75 bits per heavy atom. The van der Waals surface area contributed by atoms with Gasteiger partial charge in [0.05, 0.1) is 11.7 Å². The average molecular weight is 344 g/mol. The van der Waals surface area contributed by atoms with Crippen molar-refractivity contribution >= 4 is 22.9 Å². The first-order chi connectivity index (χ1) is 11.5. The van der Waals surface area contributed by atoms with Crippen molar-refractivity contribution in [2.45, 2.75) is 33.2 Å². The summed E-state index contributed by atoms with van der Waals surface area (Å²) >= 11 is 1.76. The maximum absolute atomic E-state index is 12.6. The first-order valence-corrected chi connectivity index (χ1v) is 9.13. The molecule has 24 heavy (non-hydrogen) atoms. The number of thiophene rings is 1. The van der Waals surface area contributed by atoms with E-state index < -0.39 is 0 Å². The number of nitrogens with zero attached hydrogens (tertiary/aromatic N) is 3. The highest BCUT2D eigenvalue weighted by molar-refractivity contribution is 7.11. The van der Waals surface area contributed by atoms with Gasteiger partial charge in [0.25, 0.3) is 0 Å². The molecule has 5 nitrogen and oxygen atoms in total. The Bertz CT molecular complexity index is 760. The third-order valence-electron chi connectivity index (χ3n) is 4.67. The number of aryl methyl sites for hydroxylation is 2. The molecular formula is C18H24N4OS. The number of carbonyl (C=O) groups excluding carboxylic acids is 1. The molecule has 3 rings (SSSR count). The van der Waals surface area contributed by atoms with Gasteiger partial charge < -0.3 is 10.2 Å². The average Bonchev–Trinajstić information content (AvgIpc) is 3.16. The highest BCUT2D eigenvalue weighted by Crippen LogP contribution is 2.26. The molecule has 1 atom stereocenters. The summed E-state index contributed by atoms with van der Waals surface area (Å²) in [5, 5.41) is 9.64. The molecule has 1 N–H and O–H groups in total. The van der Waals surface area contributed by atoms with Crippen molar-refractivity contribution in [2.75, 3.05) is 13.1 Å². The van der Waals surface area contributed by atoms with E-state index in [-0.39, 0.29) is 12.1 Å². The number of urea groups is 1. The lowest BCUT2D eigenvalue weighted by atomic mass is 10.1. The van der Waals surface area contributed by atoms with Crippen LogP contribution in [-0.4, -0.2) is 33.8 Å². The van der Waals surface area contributed by atoms with E-state index in [2.05, 4.69) is 34.0 Å². The molecule has 0 aliphatic carbocycles. The van der Waals surface area contributed by atoms with Gasteiger partial charge in [-0.2, -0.15) is 5.10 Å². The molecule has 128 valence electrons. The molecule has 0 fully saturated rings. The monoisotopic (exact) mass is 344 g/mol. The van der Waals surface area contributed by atoms with Crippen molar-refractivity contribution in [1.29, 1.82) is 0 Å². The lowest BCUT2D eigenvalue weighted by Gasteiger charge is -2.28. The van der Waals surface area contributed by atoms with Gasteiger partial charge in [-0.3, -0.25) is 4.68 Å². The zero-order valence-electron chi connectivity index (χ0n) is 14.7. The fourth-order valence-corrected chi connectivity index (χ4v) is 4.10. The maximum Gasteiger partial charge on any atom is 0.318 e. The highest BCUT2D eigenvalue weighted by Gasteiger charge is 2.22. The summed E-state index contributed by atoms with van der Waals surface area (Å²) in [6.45, 7) is 7.46. The molecular weight excluding hydrogens is 320 g/mol. The molecule has 2 aromatic rings. The summed E-state index contributed by atoms with van der Waals surface area (Å²) < 4.78 is 1.87. The van der Waals surface area contributed by atoms with Crippen molar-refractivity contribution in [3.63, 3.8) is 0 Å². The minimum Gasteiger partial charge on any atom is -0.331 e. The summed E-state index contributed by atoms with van der Waals surface area (Å²) in [5.41, 5.74) is 4.53. The molecule has 0 spiro atoms. The quantitative estimate of drug-likeness (QED) is 0.924.